The van der Waals surface area contributed by atoms with E-state index in [2.05, 4.69) is 37.3 Å². The molecule has 0 bridgehead atoms. The maximum Gasteiger partial charge on any atom is 0.125 e. The van der Waals surface area contributed by atoms with Gasteiger partial charge in [-0.3, -0.25) is 0 Å². The van der Waals surface area contributed by atoms with Gasteiger partial charge in [-0.2, -0.15) is 0 Å². The predicted molar refractivity (Wildman–Crippen MR) is 55.9 cm³/mol. The molecule has 0 saturated carbocycles. The molecule has 0 aliphatic carbocycles. The Morgan fingerprint density at radius 1 is 1.33 bits per heavy atom. The second-order valence-electron chi connectivity index (χ2n) is 3.74. The number of hydrogen-bond donors (Lipinski definition) is 0. The molecular weight excluding hydrogens is 148 g/mol. The van der Waals surface area contributed by atoms with Gasteiger partial charge in [0.15, 0.2) is 0 Å². The van der Waals surface area contributed by atoms with Crippen molar-refractivity contribution < 1.29 is 0 Å². The average Bonchev–Trinajstić information content (AvgIpc) is 1.85. The number of nitrogens with zero attached hydrogens (tertiary/aromatic N) is 2. The van der Waals surface area contributed by atoms with Gasteiger partial charge in [0.2, 0.25) is 0 Å². The Bertz CT molecular complexity index is 216. The number of rotatable bonds is 1. The fraction of sp³-hybridized carbons (Fsp3) is 0.600. The molecular formula is C10H18N2. The van der Waals surface area contributed by atoms with E-state index in [9.17, 15) is 0 Å². The smallest absolute Gasteiger partial charge is 0.125 e. The van der Waals surface area contributed by atoms with Crippen LogP contribution in [0, 0.1) is 5.41 Å². The van der Waals surface area contributed by atoms with Gasteiger partial charge in [-0.15, -0.1) is 0 Å². The summed E-state index contributed by atoms with van der Waals surface area (Å²) in [6, 6.07) is 0. The lowest BCUT2D eigenvalue weighted by atomic mass is 9.93. The molecule has 0 spiro atoms. The minimum Gasteiger partial charge on any atom is -0.246 e. The van der Waals surface area contributed by atoms with Crippen LogP contribution in [0.2, 0.25) is 0 Å². The van der Waals surface area contributed by atoms with Gasteiger partial charge >= 0.3 is 0 Å². The van der Waals surface area contributed by atoms with Crippen LogP contribution >= 0.6 is 0 Å². The van der Waals surface area contributed by atoms with Gasteiger partial charge in [0.1, 0.15) is 5.84 Å². The normalized spacial score (nSPS) is 13.9. The molecule has 0 atom stereocenters. The highest BCUT2D eigenvalue weighted by Gasteiger charge is 2.13. The summed E-state index contributed by atoms with van der Waals surface area (Å²) in [6.07, 6.45) is 1.73. The van der Waals surface area contributed by atoms with Crippen molar-refractivity contribution in [3.05, 3.63) is 12.3 Å². The predicted octanol–water partition coefficient (Wildman–Crippen LogP) is 3.06. The van der Waals surface area contributed by atoms with Crippen LogP contribution in [0.1, 0.15) is 34.6 Å². The molecule has 0 radical (unpaired) electrons. The first-order chi connectivity index (χ1) is 5.38. The molecule has 0 fully saturated rings. The lowest BCUT2D eigenvalue weighted by Gasteiger charge is -2.17. The fourth-order valence-electron chi connectivity index (χ4n) is 0.579. The summed E-state index contributed by atoms with van der Waals surface area (Å²) in [5.74, 6) is 0.762. The average molecular weight is 166 g/mol. The first kappa shape index (κ1) is 11.1. The van der Waals surface area contributed by atoms with Crippen molar-refractivity contribution in [3.63, 3.8) is 0 Å². The number of hydrogen-bond acceptors (Lipinski definition) is 1. The highest BCUT2D eigenvalue weighted by Crippen LogP contribution is 2.24. The molecule has 2 nitrogen and oxygen atoms in total. The second-order valence-corrected chi connectivity index (χ2v) is 3.74. The van der Waals surface area contributed by atoms with Gasteiger partial charge in [-0.25, -0.2) is 9.98 Å². The highest BCUT2D eigenvalue weighted by atomic mass is 14.9. The van der Waals surface area contributed by atoms with Crippen molar-refractivity contribution in [1.82, 2.24) is 0 Å². The van der Waals surface area contributed by atoms with Gasteiger partial charge < -0.3 is 0 Å². The third kappa shape index (κ3) is 4.06. The minimum atomic E-state index is 0.0323. The SMILES string of the molecule is C=C(N=C(C)N=CC)C(C)(C)C. The molecule has 0 amide bonds. The molecule has 0 saturated heterocycles. The third-order valence-electron chi connectivity index (χ3n) is 1.48. The first-order valence-corrected chi connectivity index (χ1v) is 4.11. The molecule has 0 aliphatic rings. The van der Waals surface area contributed by atoms with Crippen LogP contribution in [0.15, 0.2) is 22.3 Å². The standard InChI is InChI=1S/C10H18N2/c1-7-11-9(3)12-8(2)10(4,5)6/h7H,2H2,1,3-6H3. The summed E-state index contributed by atoms with van der Waals surface area (Å²) in [5.41, 5.74) is 0.899. The summed E-state index contributed by atoms with van der Waals surface area (Å²) >= 11 is 0. The van der Waals surface area contributed by atoms with Crippen LogP contribution in [0.25, 0.3) is 0 Å². The van der Waals surface area contributed by atoms with Crippen LogP contribution < -0.4 is 0 Å². The first-order valence-electron chi connectivity index (χ1n) is 4.11. The van der Waals surface area contributed by atoms with E-state index in [1.165, 1.54) is 0 Å². The molecule has 12 heavy (non-hydrogen) atoms. The summed E-state index contributed by atoms with van der Waals surface area (Å²) in [7, 11) is 0. The van der Waals surface area contributed by atoms with E-state index in [1.807, 2.05) is 13.8 Å². The molecule has 0 N–H and O–H groups in total. The van der Waals surface area contributed by atoms with Crippen LogP contribution in [-0.4, -0.2) is 12.1 Å². The maximum atomic E-state index is 4.26. The van der Waals surface area contributed by atoms with Crippen LogP contribution in [-0.2, 0) is 0 Å². The Labute approximate surface area is 75.1 Å². The minimum absolute atomic E-state index is 0.0323. The summed E-state index contributed by atoms with van der Waals surface area (Å²) < 4.78 is 0. The zero-order valence-electron chi connectivity index (χ0n) is 8.68. The molecule has 0 heterocycles. The monoisotopic (exact) mass is 166 g/mol. The van der Waals surface area contributed by atoms with Crippen molar-refractivity contribution in [2.45, 2.75) is 34.6 Å². The molecule has 68 valence electrons. The molecule has 0 aliphatic heterocycles. The Kier molecular flexibility index (Phi) is 3.87. The molecule has 0 aromatic rings. The Balaban J connectivity index is 4.45. The molecule has 0 aromatic heterocycles. The van der Waals surface area contributed by atoms with E-state index in [1.54, 1.807) is 6.21 Å². The fourth-order valence-corrected chi connectivity index (χ4v) is 0.579. The van der Waals surface area contributed by atoms with E-state index in [-0.39, 0.29) is 5.41 Å². The summed E-state index contributed by atoms with van der Waals surface area (Å²) in [5, 5.41) is 0. The maximum absolute atomic E-state index is 4.26. The second kappa shape index (κ2) is 4.19. The van der Waals surface area contributed by atoms with E-state index in [4.69, 9.17) is 0 Å². The molecule has 2 heteroatoms. The highest BCUT2D eigenvalue weighted by molar-refractivity contribution is 5.87. The largest absolute Gasteiger partial charge is 0.246 e. The van der Waals surface area contributed by atoms with Gasteiger partial charge in [-0.1, -0.05) is 27.4 Å². The van der Waals surface area contributed by atoms with Crippen molar-refractivity contribution >= 4 is 12.1 Å². The van der Waals surface area contributed by atoms with E-state index < -0.39 is 0 Å². The Hall–Kier alpha value is -0.920. The van der Waals surface area contributed by atoms with Gasteiger partial charge in [-0.05, 0) is 13.8 Å². The van der Waals surface area contributed by atoms with Crippen molar-refractivity contribution in [3.8, 4) is 0 Å². The lowest BCUT2D eigenvalue weighted by Crippen LogP contribution is -2.07. The van der Waals surface area contributed by atoms with Gasteiger partial charge in [0.25, 0.3) is 0 Å². The zero-order valence-corrected chi connectivity index (χ0v) is 8.68. The third-order valence-corrected chi connectivity index (χ3v) is 1.48. The van der Waals surface area contributed by atoms with Gasteiger partial charge in [0.05, 0.1) is 0 Å². The van der Waals surface area contributed by atoms with E-state index >= 15 is 0 Å². The van der Waals surface area contributed by atoms with Crippen LogP contribution in [0.5, 0.6) is 0 Å². The topological polar surface area (TPSA) is 24.7 Å². The quantitative estimate of drug-likeness (QED) is 0.422. The summed E-state index contributed by atoms with van der Waals surface area (Å²) in [4.78, 5) is 8.30. The lowest BCUT2D eigenvalue weighted by molar-refractivity contribution is 0.500. The molecule has 0 rings (SSSR count). The van der Waals surface area contributed by atoms with Crippen molar-refractivity contribution in [2.24, 2.45) is 15.4 Å². The molecule has 0 unspecified atom stereocenters. The summed E-state index contributed by atoms with van der Waals surface area (Å²) in [6.45, 7) is 13.9. The number of aliphatic imine (C=N–C) groups is 2. The Morgan fingerprint density at radius 2 is 1.83 bits per heavy atom. The van der Waals surface area contributed by atoms with Crippen molar-refractivity contribution in [2.75, 3.05) is 0 Å². The molecule has 0 aromatic carbocycles. The number of amidine groups is 1. The van der Waals surface area contributed by atoms with Crippen LogP contribution in [0.4, 0.5) is 0 Å². The van der Waals surface area contributed by atoms with E-state index in [0.29, 0.717) is 0 Å². The Morgan fingerprint density at radius 3 is 2.17 bits per heavy atom. The van der Waals surface area contributed by atoms with Gasteiger partial charge in [0, 0.05) is 17.3 Å². The van der Waals surface area contributed by atoms with Crippen LogP contribution in [0.3, 0.4) is 0 Å². The zero-order chi connectivity index (χ0) is 9.78. The van der Waals surface area contributed by atoms with E-state index in [0.717, 1.165) is 11.5 Å². The number of allylic oxidation sites excluding steroid dienone is 1. The van der Waals surface area contributed by atoms with Crippen molar-refractivity contribution in [1.29, 1.82) is 0 Å².